The van der Waals surface area contributed by atoms with Crippen LogP contribution in [0.5, 0.6) is 0 Å². The van der Waals surface area contributed by atoms with Crippen LogP contribution in [0, 0.1) is 187 Å². The Morgan fingerprint density at radius 2 is 0.511 bits per heavy atom. The Hall–Kier alpha value is -6.50. The van der Waals surface area contributed by atoms with E-state index in [1.165, 1.54) is 247 Å². The molecule has 3 heterocycles. The topological polar surface area (TPSA) is 0 Å². The van der Waals surface area contributed by atoms with Gasteiger partial charge in [-0.15, -0.1) is 0 Å². The molecule has 0 aliphatic carbocycles. The summed E-state index contributed by atoms with van der Waals surface area (Å²) in [4.78, 5) is 0. The van der Waals surface area contributed by atoms with Gasteiger partial charge in [0.1, 0.15) is 0 Å². The molecule has 3 aliphatic rings. The van der Waals surface area contributed by atoms with Crippen molar-refractivity contribution in [2.24, 2.45) is 0 Å². The summed E-state index contributed by atoms with van der Waals surface area (Å²) in [7, 11) is 0. The van der Waals surface area contributed by atoms with Gasteiger partial charge in [0.25, 0.3) is 0 Å². The van der Waals surface area contributed by atoms with E-state index < -0.39 is 0 Å². The van der Waals surface area contributed by atoms with E-state index in [0.29, 0.717) is 29.9 Å². The third-order valence-corrected chi connectivity index (χ3v) is 32.1. The molecule has 11 aromatic carbocycles. The van der Waals surface area contributed by atoms with Crippen LogP contribution in [-0.4, -0.2) is 44.9 Å². The van der Waals surface area contributed by atoms with Crippen molar-refractivity contribution in [1.82, 2.24) is 0 Å². The molecule has 11 aromatic rings. The van der Waals surface area contributed by atoms with E-state index in [1.54, 1.807) is 17.8 Å². The van der Waals surface area contributed by atoms with Crippen molar-refractivity contribution >= 4 is 93.2 Å². The molecule has 0 unspecified atom stereocenters. The first-order valence-electron chi connectivity index (χ1n) is 33.3. The third kappa shape index (κ3) is 9.83. The molecule has 3 heteroatoms. The van der Waals surface area contributed by atoms with Gasteiger partial charge in [-0.3, -0.25) is 0 Å². The zero-order valence-electron chi connectivity index (χ0n) is 60.2. The minimum atomic E-state index is 0.230. The van der Waals surface area contributed by atoms with E-state index in [2.05, 4.69) is 266 Å². The molecule has 0 saturated carbocycles. The number of rotatable bonds is 0. The quantitative estimate of drug-likeness (QED) is 0.133. The van der Waals surface area contributed by atoms with Crippen molar-refractivity contribution in [3.05, 3.63) is 229 Å². The summed E-state index contributed by atoms with van der Waals surface area (Å²) >= 11 is 0.849. The van der Waals surface area contributed by atoms with Crippen LogP contribution in [-0.2, 0) is 0 Å². The molecule has 0 saturated heterocycles. The summed E-state index contributed by atoms with van der Waals surface area (Å²) in [6.07, 6.45) is 0. The van der Waals surface area contributed by atoms with Crippen molar-refractivity contribution in [3.63, 3.8) is 0 Å². The second-order valence-electron chi connectivity index (χ2n) is 27.9. The van der Waals surface area contributed by atoms with Crippen LogP contribution >= 0.6 is 0 Å². The monoisotopic (exact) mass is 1400 g/mol. The number of hydrogen-bond donors (Lipinski definition) is 0. The molecule has 0 fully saturated rings. The molecule has 0 bridgehead atoms. The van der Waals surface area contributed by atoms with Gasteiger partial charge in [-0.1, -0.05) is 0 Å². The van der Waals surface area contributed by atoms with Gasteiger partial charge >= 0.3 is 576 Å². The SMILES string of the molecule is Cc1cc2c(c(C)c1C)-c1c(C)c(C)c(C)c(C)c1[Se]c1c-2c(C)c2c(C)c(C)c(C)c(C)c2c1C.Cc1cc2c(c(C)c1C)-c1c(C)c(C)c(C)c(C)c1[Se]c1ccccc1-2.Cc1ccc2cc3c(c(C)c2c1C)-c1c(C)c(C)c(C)c(C)c1[Se]c1ccccc1-3. The van der Waals surface area contributed by atoms with Crippen molar-refractivity contribution < 1.29 is 0 Å². The Morgan fingerprint density at radius 1 is 0.185 bits per heavy atom. The molecule has 0 spiro atoms. The summed E-state index contributed by atoms with van der Waals surface area (Å²) < 4.78 is 9.34. The number of benzene rings is 11. The average molecular weight is 1400 g/mol. The molecule has 0 nitrogen and oxygen atoms in total. The van der Waals surface area contributed by atoms with E-state index in [9.17, 15) is 0 Å². The predicted molar refractivity (Wildman–Crippen MR) is 410 cm³/mol. The summed E-state index contributed by atoms with van der Waals surface area (Å²) in [5, 5.41) is 5.77. The van der Waals surface area contributed by atoms with Crippen molar-refractivity contribution in [1.29, 1.82) is 0 Å². The molecule has 468 valence electrons. The van der Waals surface area contributed by atoms with E-state index in [0.717, 1.165) is 0 Å². The Balaban J connectivity index is 0.000000135. The number of hydrogen-bond acceptors (Lipinski definition) is 0. The molecule has 92 heavy (non-hydrogen) atoms. The predicted octanol–water partition coefficient (Wildman–Crippen LogP) is 19.6. The van der Waals surface area contributed by atoms with Gasteiger partial charge in [0.15, 0.2) is 0 Å². The van der Waals surface area contributed by atoms with Gasteiger partial charge in [0, 0.05) is 0 Å². The fourth-order valence-corrected chi connectivity index (χ4v) is 24.7. The van der Waals surface area contributed by atoms with Gasteiger partial charge in [-0.2, -0.15) is 0 Å². The minimum absolute atomic E-state index is 0.230. The first kappa shape index (κ1) is 65.6. The Bertz CT molecular complexity index is 5110. The Kier molecular flexibility index (Phi) is 17.1. The van der Waals surface area contributed by atoms with Crippen LogP contribution in [0.25, 0.3) is 88.3 Å². The number of aryl methyl sites for hydroxylation is 9. The van der Waals surface area contributed by atoms with Crippen LogP contribution in [0.4, 0.5) is 0 Å². The van der Waals surface area contributed by atoms with E-state index in [-0.39, 0.29) is 15.0 Å². The van der Waals surface area contributed by atoms with Crippen molar-refractivity contribution in [2.45, 2.75) is 187 Å². The first-order chi connectivity index (χ1) is 43.4. The Morgan fingerprint density at radius 3 is 0.967 bits per heavy atom. The van der Waals surface area contributed by atoms with Crippen LogP contribution in [0.1, 0.15) is 150 Å². The molecular formula is C89H94Se3. The molecule has 14 rings (SSSR count). The van der Waals surface area contributed by atoms with Gasteiger partial charge in [0.2, 0.25) is 0 Å². The van der Waals surface area contributed by atoms with E-state index in [1.807, 2.05) is 0 Å². The van der Waals surface area contributed by atoms with E-state index in [4.69, 9.17) is 0 Å². The second-order valence-corrected chi connectivity index (χ2v) is 34.4. The van der Waals surface area contributed by atoms with Crippen molar-refractivity contribution in [2.75, 3.05) is 0 Å². The maximum absolute atomic E-state index is 2.51. The molecule has 0 radical (unpaired) electrons. The third-order valence-electron chi connectivity index (χ3n) is 23.7. The summed E-state index contributed by atoms with van der Waals surface area (Å²) in [5.74, 6) is 0. The zero-order chi connectivity index (χ0) is 66.6. The normalized spacial score (nSPS) is 12.4. The van der Waals surface area contributed by atoms with Gasteiger partial charge in [0.05, 0.1) is 0 Å². The molecule has 0 N–H and O–H groups in total. The van der Waals surface area contributed by atoms with Crippen LogP contribution in [0.3, 0.4) is 0 Å². The summed E-state index contributed by atoms with van der Waals surface area (Å²) in [6, 6.07) is 30.1. The summed E-state index contributed by atoms with van der Waals surface area (Å²) in [5.41, 5.74) is 56.7. The van der Waals surface area contributed by atoms with Crippen LogP contribution in [0.2, 0.25) is 0 Å². The molecule has 3 aliphatic heterocycles. The molecule has 0 aromatic heterocycles. The maximum atomic E-state index is 2.51. The van der Waals surface area contributed by atoms with Gasteiger partial charge < -0.3 is 0 Å². The fraction of sp³-hybridized carbons (Fsp3) is 0.303. The molecule has 0 atom stereocenters. The molecular weight excluding hydrogens is 1310 g/mol. The van der Waals surface area contributed by atoms with Crippen LogP contribution in [0.15, 0.2) is 78.9 Å². The fourth-order valence-electron chi connectivity index (χ4n) is 16.1. The summed E-state index contributed by atoms with van der Waals surface area (Å²) in [6.45, 7) is 62.7. The van der Waals surface area contributed by atoms with Gasteiger partial charge in [-0.05, 0) is 0 Å². The zero-order valence-corrected chi connectivity index (χ0v) is 65.4. The van der Waals surface area contributed by atoms with Crippen molar-refractivity contribution in [3.8, 4) is 66.8 Å². The standard InChI is InChI=1S/C35H40Se.C29H28Se.C25H26Se/c1-15-14-28-31(21(7)16(15)2)33-24(10)19(5)20(6)25(11)34(33)36-35-27(13)30-23(9)18(4)17(3)22(8)29(30)26(12)32(28)35;1-15-12-13-22-14-24-23-10-8-9-11-25(23)30-29-20(6)18(4)17(3)19(5)28(29)27(24)21(7)26(22)16(15)2;1-13-12-21-20-10-8-9-11-22(20)26-25-19(7)16(4)15(3)18(6)24(25)23(21)17(5)14(13)2/h14H,1-13H3;8-14H,1-7H3;8-12H,1-7H3. The molecule has 0 amide bonds. The van der Waals surface area contributed by atoms with E-state index >= 15 is 0 Å². The first-order valence-corrected chi connectivity index (χ1v) is 38.4. The van der Waals surface area contributed by atoms with Gasteiger partial charge in [-0.25, -0.2) is 0 Å². The second kappa shape index (κ2) is 24.1. The Labute approximate surface area is 571 Å². The number of fused-ring (bicyclic) bond motifs is 17. The van der Waals surface area contributed by atoms with Crippen LogP contribution < -0.4 is 26.8 Å². The average Bonchev–Trinajstić information content (AvgIpc) is 1.44.